The molecule has 22 heavy (non-hydrogen) atoms. The number of aliphatic hydroxyl groups excluding tert-OH is 4. The van der Waals surface area contributed by atoms with Crippen LogP contribution in [-0.2, 0) is 9.47 Å². The first-order chi connectivity index (χ1) is 10.5. The van der Waals surface area contributed by atoms with Crippen LogP contribution >= 0.6 is 0 Å². The first-order valence-corrected chi connectivity index (χ1v) is 7.75. The monoisotopic (exact) mass is 321 g/mol. The number of aliphatic hydroxyl groups is 4. The quantitative estimate of drug-likeness (QED) is 0.381. The largest absolute Gasteiger partial charge is 0.450 e. The Balaban J connectivity index is 2.30. The van der Waals surface area contributed by atoms with Crippen LogP contribution in [0.5, 0.6) is 0 Å². The number of ether oxygens (including phenoxy) is 2. The zero-order chi connectivity index (χ0) is 16.5. The summed E-state index contributed by atoms with van der Waals surface area (Å²) >= 11 is 0. The van der Waals surface area contributed by atoms with Crippen molar-refractivity contribution in [1.29, 1.82) is 0 Å². The van der Waals surface area contributed by atoms with Crippen molar-refractivity contribution in [1.82, 2.24) is 5.32 Å². The topological polar surface area (TPSA) is 128 Å². The molecule has 130 valence electrons. The van der Waals surface area contributed by atoms with Gasteiger partial charge in [-0.2, -0.15) is 0 Å². The Bertz CT molecular complexity index is 326. The number of rotatable bonds is 8. The second kappa shape index (κ2) is 9.96. The minimum Gasteiger partial charge on any atom is -0.450 e. The summed E-state index contributed by atoms with van der Waals surface area (Å²) in [6.45, 7) is 1.83. The Morgan fingerprint density at radius 1 is 1.09 bits per heavy atom. The summed E-state index contributed by atoms with van der Waals surface area (Å²) in [5, 5.41) is 40.3. The SMILES string of the molecule is CCCCCCCOC(=O)N[C@H]1O[C@H](CO)[C@H](O)[C@H](O)[C@H]1O. The molecule has 1 aliphatic heterocycles. The van der Waals surface area contributed by atoms with E-state index in [1.807, 2.05) is 0 Å². The molecule has 8 heteroatoms. The Hall–Kier alpha value is -0.930. The smallest absolute Gasteiger partial charge is 0.409 e. The van der Waals surface area contributed by atoms with Gasteiger partial charge in [0.1, 0.15) is 24.4 Å². The number of hydrogen-bond acceptors (Lipinski definition) is 7. The molecule has 1 aliphatic rings. The molecular formula is C14H27NO7. The highest BCUT2D eigenvalue weighted by molar-refractivity contribution is 5.67. The van der Waals surface area contributed by atoms with E-state index in [0.717, 1.165) is 32.1 Å². The molecule has 8 nitrogen and oxygen atoms in total. The van der Waals surface area contributed by atoms with Gasteiger partial charge in [0.25, 0.3) is 0 Å². The van der Waals surface area contributed by atoms with Gasteiger partial charge >= 0.3 is 6.09 Å². The van der Waals surface area contributed by atoms with Gasteiger partial charge in [0.15, 0.2) is 6.23 Å². The van der Waals surface area contributed by atoms with Gasteiger partial charge in [-0.15, -0.1) is 0 Å². The summed E-state index contributed by atoms with van der Waals surface area (Å²) < 4.78 is 10.1. The lowest BCUT2D eigenvalue weighted by Crippen LogP contribution is -2.63. The van der Waals surface area contributed by atoms with Crippen LogP contribution < -0.4 is 5.32 Å². The molecule has 1 heterocycles. The maximum Gasteiger partial charge on any atom is 0.409 e. The molecule has 1 fully saturated rings. The van der Waals surface area contributed by atoms with Crippen LogP contribution in [0.4, 0.5) is 4.79 Å². The summed E-state index contributed by atoms with van der Waals surface area (Å²) in [5.74, 6) is 0. The van der Waals surface area contributed by atoms with Gasteiger partial charge < -0.3 is 29.9 Å². The van der Waals surface area contributed by atoms with Gasteiger partial charge in [-0.05, 0) is 6.42 Å². The minimum absolute atomic E-state index is 0.257. The lowest BCUT2D eigenvalue weighted by molar-refractivity contribution is -0.234. The molecular weight excluding hydrogens is 294 g/mol. The van der Waals surface area contributed by atoms with Gasteiger partial charge in [-0.3, -0.25) is 5.32 Å². The highest BCUT2D eigenvalue weighted by atomic mass is 16.6. The van der Waals surface area contributed by atoms with Crippen molar-refractivity contribution < 1.29 is 34.7 Å². The van der Waals surface area contributed by atoms with Gasteiger partial charge in [-0.25, -0.2) is 4.79 Å². The Morgan fingerprint density at radius 2 is 1.77 bits per heavy atom. The summed E-state index contributed by atoms with van der Waals surface area (Å²) in [5.41, 5.74) is 0. The van der Waals surface area contributed by atoms with E-state index in [9.17, 15) is 20.1 Å². The van der Waals surface area contributed by atoms with Crippen molar-refractivity contribution >= 4 is 6.09 Å². The van der Waals surface area contributed by atoms with E-state index in [-0.39, 0.29) is 6.61 Å². The maximum atomic E-state index is 11.6. The van der Waals surface area contributed by atoms with Gasteiger partial charge in [0.2, 0.25) is 0 Å². The standard InChI is InChI=1S/C14H27NO7/c1-2-3-4-5-6-7-21-14(20)15-13-12(19)11(18)10(17)9(8-16)22-13/h9-13,16-19H,2-8H2,1H3,(H,15,20)/t9-,10+,11+,12-,13+/m1/s1. The lowest BCUT2D eigenvalue weighted by atomic mass is 9.98. The van der Waals surface area contributed by atoms with E-state index in [4.69, 9.17) is 14.6 Å². The molecule has 0 aromatic rings. The van der Waals surface area contributed by atoms with Crippen LogP contribution in [0.2, 0.25) is 0 Å². The second-order valence-electron chi connectivity index (χ2n) is 5.44. The molecule has 5 atom stereocenters. The molecule has 0 bridgehead atoms. The number of carbonyl (C=O) groups is 1. The molecule has 1 amide bonds. The number of nitrogens with one attached hydrogen (secondary N) is 1. The third-order valence-corrected chi connectivity index (χ3v) is 3.63. The molecule has 0 unspecified atom stereocenters. The third-order valence-electron chi connectivity index (χ3n) is 3.63. The fourth-order valence-electron chi connectivity index (χ4n) is 2.25. The summed E-state index contributed by atoms with van der Waals surface area (Å²) in [6.07, 6.45) is -2.46. The van der Waals surface area contributed by atoms with Crippen LogP contribution in [0.15, 0.2) is 0 Å². The van der Waals surface area contributed by atoms with E-state index in [1.54, 1.807) is 0 Å². The van der Waals surface area contributed by atoms with Crippen molar-refractivity contribution in [3.8, 4) is 0 Å². The van der Waals surface area contributed by atoms with Crippen molar-refractivity contribution in [2.75, 3.05) is 13.2 Å². The molecule has 0 saturated carbocycles. The average Bonchev–Trinajstić information content (AvgIpc) is 2.51. The highest BCUT2D eigenvalue weighted by Crippen LogP contribution is 2.19. The van der Waals surface area contributed by atoms with Crippen molar-refractivity contribution in [3.63, 3.8) is 0 Å². The van der Waals surface area contributed by atoms with Crippen LogP contribution in [0, 0.1) is 0 Å². The number of alkyl carbamates (subject to hydrolysis) is 1. The van der Waals surface area contributed by atoms with Crippen molar-refractivity contribution in [3.05, 3.63) is 0 Å². The van der Waals surface area contributed by atoms with E-state index < -0.39 is 43.3 Å². The predicted octanol–water partition coefficient (Wildman–Crippen LogP) is -0.517. The second-order valence-corrected chi connectivity index (χ2v) is 5.44. The Labute approximate surface area is 130 Å². The van der Waals surface area contributed by atoms with Gasteiger partial charge in [0.05, 0.1) is 13.2 Å². The molecule has 5 N–H and O–H groups in total. The highest BCUT2D eigenvalue weighted by Gasteiger charge is 2.44. The number of amides is 1. The fraction of sp³-hybridized carbons (Fsp3) is 0.929. The van der Waals surface area contributed by atoms with Crippen LogP contribution in [0.25, 0.3) is 0 Å². The first-order valence-electron chi connectivity index (χ1n) is 7.75. The van der Waals surface area contributed by atoms with Gasteiger partial charge in [0, 0.05) is 0 Å². The number of carbonyl (C=O) groups excluding carboxylic acids is 1. The van der Waals surface area contributed by atoms with Gasteiger partial charge in [-0.1, -0.05) is 32.6 Å². The zero-order valence-electron chi connectivity index (χ0n) is 12.9. The lowest BCUT2D eigenvalue weighted by Gasteiger charge is -2.39. The van der Waals surface area contributed by atoms with E-state index in [2.05, 4.69) is 12.2 Å². The predicted molar refractivity (Wildman–Crippen MR) is 77.0 cm³/mol. The van der Waals surface area contributed by atoms with Crippen molar-refractivity contribution in [2.24, 2.45) is 0 Å². The molecule has 0 aliphatic carbocycles. The molecule has 0 spiro atoms. The molecule has 1 saturated heterocycles. The van der Waals surface area contributed by atoms with E-state index >= 15 is 0 Å². The summed E-state index contributed by atoms with van der Waals surface area (Å²) in [4.78, 5) is 11.6. The van der Waals surface area contributed by atoms with Crippen molar-refractivity contribution in [2.45, 2.75) is 69.7 Å². The van der Waals surface area contributed by atoms with E-state index in [0.29, 0.717) is 0 Å². The van der Waals surface area contributed by atoms with Crippen LogP contribution in [0.1, 0.15) is 39.0 Å². The summed E-state index contributed by atoms with van der Waals surface area (Å²) in [6, 6.07) is 0. The maximum absolute atomic E-state index is 11.6. The first kappa shape index (κ1) is 19.1. The Morgan fingerprint density at radius 3 is 2.41 bits per heavy atom. The molecule has 0 aromatic heterocycles. The van der Waals surface area contributed by atoms with E-state index in [1.165, 1.54) is 0 Å². The Kier molecular flexibility index (Phi) is 8.66. The average molecular weight is 321 g/mol. The fourth-order valence-corrected chi connectivity index (χ4v) is 2.25. The minimum atomic E-state index is -1.52. The van der Waals surface area contributed by atoms with Crippen LogP contribution in [-0.4, -0.2) is 70.4 Å². The molecule has 1 rings (SSSR count). The molecule has 0 radical (unpaired) electrons. The molecule has 0 aromatic carbocycles. The summed E-state index contributed by atoms with van der Waals surface area (Å²) in [7, 11) is 0. The van der Waals surface area contributed by atoms with Crippen LogP contribution in [0.3, 0.4) is 0 Å². The number of hydrogen-bond donors (Lipinski definition) is 5. The normalized spacial score (nSPS) is 31.8. The third kappa shape index (κ3) is 5.69. The number of unbranched alkanes of at least 4 members (excludes halogenated alkanes) is 4. The zero-order valence-corrected chi connectivity index (χ0v) is 12.9.